The van der Waals surface area contributed by atoms with Crippen LogP contribution >= 0.6 is 0 Å². The van der Waals surface area contributed by atoms with Gasteiger partial charge in [0.25, 0.3) is 0 Å². The number of pyridine rings is 1. The Balaban J connectivity index is 1.56. The van der Waals surface area contributed by atoms with Gasteiger partial charge in [-0.05, 0) is 31.5 Å². The second-order valence-electron chi connectivity index (χ2n) is 5.15. The van der Waals surface area contributed by atoms with Crippen LogP contribution in [0.5, 0.6) is 0 Å². The van der Waals surface area contributed by atoms with Crippen molar-refractivity contribution in [2.45, 2.75) is 18.9 Å². The van der Waals surface area contributed by atoms with E-state index in [1.165, 1.54) is 0 Å². The van der Waals surface area contributed by atoms with Gasteiger partial charge in [-0.1, -0.05) is 6.07 Å². The van der Waals surface area contributed by atoms with Crippen LogP contribution in [-0.2, 0) is 4.79 Å². The lowest BCUT2D eigenvalue weighted by molar-refractivity contribution is -0.133. The lowest BCUT2D eigenvalue weighted by Crippen LogP contribution is -2.53. The Labute approximate surface area is 113 Å². The third-order valence-electron chi connectivity index (χ3n) is 3.92. The minimum absolute atomic E-state index is 0.0569. The van der Waals surface area contributed by atoms with Gasteiger partial charge in [-0.25, -0.2) is 4.98 Å². The summed E-state index contributed by atoms with van der Waals surface area (Å²) in [6, 6.07) is 6.01. The molecule has 1 amide bonds. The fraction of sp³-hybridized carbons (Fsp3) is 0.571. The Bertz CT molecular complexity index is 422. The molecule has 3 heterocycles. The van der Waals surface area contributed by atoms with E-state index in [4.69, 9.17) is 0 Å². The number of hydrogen-bond donors (Lipinski definition) is 1. The van der Waals surface area contributed by atoms with Crippen molar-refractivity contribution >= 4 is 11.7 Å². The van der Waals surface area contributed by atoms with Crippen molar-refractivity contribution in [3.63, 3.8) is 0 Å². The second kappa shape index (κ2) is 5.57. The quantitative estimate of drug-likeness (QED) is 0.840. The minimum Gasteiger partial charge on any atom is -0.353 e. The van der Waals surface area contributed by atoms with Crippen molar-refractivity contribution in [1.82, 2.24) is 15.2 Å². The third kappa shape index (κ3) is 2.71. The Kier molecular flexibility index (Phi) is 3.64. The summed E-state index contributed by atoms with van der Waals surface area (Å²) in [7, 11) is 0. The lowest BCUT2D eigenvalue weighted by Gasteiger charge is -2.36. The fourth-order valence-electron chi connectivity index (χ4n) is 2.81. The normalized spacial score (nSPS) is 23.7. The Morgan fingerprint density at radius 3 is 2.74 bits per heavy atom. The highest BCUT2D eigenvalue weighted by molar-refractivity contribution is 5.82. The van der Waals surface area contributed by atoms with Crippen molar-refractivity contribution < 1.29 is 4.79 Å². The van der Waals surface area contributed by atoms with E-state index in [1.54, 1.807) is 0 Å². The zero-order valence-electron chi connectivity index (χ0n) is 11.1. The average Bonchev–Trinajstić information content (AvgIpc) is 3.02. The Morgan fingerprint density at radius 2 is 2.11 bits per heavy atom. The van der Waals surface area contributed by atoms with Gasteiger partial charge in [0.2, 0.25) is 5.91 Å². The largest absolute Gasteiger partial charge is 0.353 e. The SMILES string of the molecule is O=C(C1CCCN1)N1CCN(c2ccccn2)CC1. The molecular weight excluding hydrogens is 240 g/mol. The van der Waals surface area contributed by atoms with Gasteiger partial charge in [-0.2, -0.15) is 0 Å². The van der Waals surface area contributed by atoms with Gasteiger partial charge < -0.3 is 15.1 Å². The molecule has 5 heteroatoms. The zero-order valence-corrected chi connectivity index (χ0v) is 11.1. The van der Waals surface area contributed by atoms with Gasteiger partial charge in [0, 0.05) is 32.4 Å². The van der Waals surface area contributed by atoms with E-state index in [0.717, 1.165) is 51.4 Å². The average molecular weight is 260 g/mol. The van der Waals surface area contributed by atoms with E-state index in [1.807, 2.05) is 29.3 Å². The molecule has 1 aromatic rings. The standard InChI is InChI=1S/C14H20N4O/c19-14(12-4-3-7-15-12)18-10-8-17(9-11-18)13-5-1-2-6-16-13/h1-2,5-6,12,15H,3-4,7-11H2. The predicted octanol–water partition coefficient (Wildman–Crippen LogP) is 0.482. The summed E-state index contributed by atoms with van der Waals surface area (Å²) < 4.78 is 0. The molecule has 1 atom stereocenters. The monoisotopic (exact) mass is 260 g/mol. The molecule has 19 heavy (non-hydrogen) atoms. The van der Waals surface area contributed by atoms with E-state index in [0.29, 0.717) is 0 Å². The summed E-state index contributed by atoms with van der Waals surface area (Å²) in [5.74, 6) is 1.28. The molecule has 2 aliphatic heterocycles. The summed E-state index contributed by atoms with van der Waals surface area (Å²) in [4.78, 5) is 20.9. The first-order valence-corrected chi connectivity index (χ1v) is 7.03. The van der Waals surface area contributed by atoms with Crippen molar-refractivity contribution in [2.24, 2.45) is 0 Å². The highest BCUT2D eigenvalue weighted by Crippen LogP contribution is 2.15. The van der Waals surface area contributed by atoms with E-state index in [2.05, 4.69) is 15.2 Å². The Hall–Kier alpha value is -1.62. The molecular formula is C14H20N4O. The van der Waals surface area contributed by atoms with Crippen LogP contribution < -0.4 is 10.2 Å². The highest BCUT2D eigenvalue weighted by atomic mass is 16.2. The van der Waals surface area contributed by atoms with Crippen LogP contribution in [0.15, 0.2) is 24.4 Å². The first-order chi connectivity index (χ1) is 9.34. The van der Waals surface area contributed by atoms with E-state index in [9.17, 15) is 4.79 Å². The lowest BCUT2D eigenvalue weighted by atomic mass is 10.2. The van der Waals surface area contributed by atoms with Gasteiger partial charge in [0.15, 0.2) is 0 Å². The first kappa shape index (κ1) is 12.4. The van der Waals surface area contributed by atoms with Crippen LogP contribution in [0.4, 0.5) is 5.82 Å². The topological polar surface area (TPSA) is 48.5 Å². The number of rotatable bonds is 2. The molecule has 2 aliphatic rings. The molecule has 1 N–H and O–H groups in total. The van der Waals surface area contributed by atoms with Gasteiger partial charge in [0.1, 0.15) is 5.82 Å². The van der Waals surface area contributed by atoms with Crippen LogP contribution in [0.3, 0.4) is 0 Å². The molecule has 0 saturated carbocycles. The number of amides is 1. The van der Waals surface area contributed by atoms with Crippen molar-refractivity contribution in [3.05, 3.63) is 24.4 Å². The molecule has 1 aromatic heterocycles. The van der Waals surface area contributed by atoms with Gasteiger partial charge >= 0.3 is 0 Å². The number of nitrogens with one attached hydrogen (secondary N) is 1. The van der Waals surface area contributed by atoms with Gasteiger partial charge in [-0.3, -0.25) is 4.79 Å². The number of aromatic nitrogens is 1. The zero-order chi connectivity index (χ0) is 13.1. The molecule has 3 rings (SSSR count). The molecule has 102 valence electrons. The van der Waals surface area contributed by atoms with Gasteiger partial charge in [-0.15, -0.1) is 0 Å². The van der Waals surface area contributed by atoms with Crippen molar-refractivity contribution in [3.8, 4) is 0 Å². The van der Waals surface area contributed by atoms with Crippen LogP contribution in [-0.4, -0.2) is 54.6 Å². The summed E-state index contributed by atoms with van der Waals surface area (Å²) >= 11 is 0. The molecule has 5 nitrogen and oxygen atoms in total. The fourth-order valence-corrected chi connectivity index (χ4v) is 2.81. The first-order valence-electron chi connectivity index (χ1n) is 7.03. The summed E-state index contributed by atoms with van der Waals surface area (Å²) in [5, 5.41) is 3.28. The molecule has 0 aromatic carbocycles. The smallest absolute Gasteiger partial charge is 0.239 e. The number of carbonyl (C=O) groups is 1. The number of nitrogens with zero attached hydrogens (tertiary/aromatic N) is 3. The van der Waals surface area contributed by atoms with E-state index >= 15 is 0 Å². The highest BCUT2D eigenvalue weighted by Gasteiger charge is 2.29. The van der Waals surface area contributed by atoms with Crippen LogP contribution in [0, 0.1) is 0 Å². The summed E-state index contributed by atoms with van der Waals surface area (Å²) in [6.45, 7) is 4.32. The molecule has 0 radical (unpaired) electrons. The van der Waals surface area contributed by atoms with Crippen molar-refractivity contribution in [2.75, 3.05) is 37.6 Å². The van der Waals surface area contributed by atoms with Crippen LogP contribution in [0.25, 0.3) is 0 Å². The molecule has 0 aliphatic carbocycles. The van der Waals surface area contributed by atoms with Gasteiger partial charge in [0.05, 0.1) is 6.04 Å². The number of anilines is 1. The number of hydrogen-bond acceptors (Lipinski definition) is 4. The maximum Gasteiger partial charge on any atom is 0.239 e. The maximum atomic E-state index is 12.3. The molecule has 2 fully saturated rings. The summed E-state index contributed by atoms with van der Waals surface area (Å²) in [6.07, 6.45) is 3.92. The van der Waals surface area contributed by atoms with Crippen LogP contribution in [0.2, 0.25) is 0 Å². The summed E-state index contributed by atoms with van der Waals surface area (Å²) in [5.41, 5.74) is 0. The predicted molar refractivity (Wildman–Crippen MR) is 74.1 cm³/mol. The third-order valence-corrected chi connectivity index (χ3v) is 3.92. The Morgan fingerprint density at radius 1 is 1.26 bits per heavy atom. The molecule has 0 spiro atoms. The van der Waals surface area contributed by atoms with E-state index in [-0.39, 0.29) is 11.9 Å². The number of carbonyl (C=O) groups excluding carboxylic acids is 1. The second-order valence-corrected chi connectivity index (χ2v) is 5.15. The number of piperazine rings is 1. The molecule has 1 unspecified atom stereocenters. The van der Waals surface area contributed by atoms with Crippen LogP contribution in [0.1, 0.15) is 12.8 Å². The van der Waals surface area contributed by atoms with E-state index < -0.39 is 0 Å². The molecule has 2 saturated heterocycles. The van der Waals surface area contributed by atoms with Crippen molar-refractivity contribution in [1.29, 1.82) is 0 Å². The molecule has 0 bridgehead atoms. The maximum absolute atomic E-state index is 12.3. The minimum atomic E-state index is 0.0569.